The zero-order chi connectivity index (χ0) is 16.8. The number of hydrogen-bond acceptors (Lipinski definition) is 5. The van der Waals surface area contributed by atoms with Gasteiger partial charge in [0.25, 0.3) is 5.76 Å². The predicted octanol–water partition coefficient (Wildman–Crippen LogP) is 4.01. The first-order chi connectivity index (χ1) is 11.0. The average Bonchev–Trinajstić information content (AvgIpc) is 2.55. The minimum Gasteiger partial charge on any atom is -0.465 e. The molecule has 0 unspecified atom stereocenters. The molecular formula is C16H12F2O4S. The van der Waals surface area contributed by atoms with Gasteiger partial charge < -0.3 is 9.47 Å². The van der Waals surface area contributed by atoms with Crippen molar-refractivity contribution in [3.8, 4) is 5.75 Å². The Bertz CT molecular complexity index is 684. The number of esters is 2. The van der Waals surface area contributed by atoms with Gasteiger partial charge in [-0.2, -0.15) is 8.78 Å². The van der Waals surface area contributed by atoms with Crippen molar-refractivity contribution in [3.05, 3.63) is 59.7 Å². The van der Waals surface area contributed by atoms with Crippen molar-refractivity contribution in [1.82, 2.24) is 0 Å². The molecule has 0 aliphatic heterocycles. The molecule has 2 rings (SSSR count). The van der Waals surface area contributed by atoms with E-state index >= 15 is 0 Å². The lowest BCUT2D eigenvalue weighted by atomic mass is 10.2. The van der Waals surface area contributed by atoms with Crippen LogP contribution in [0.5, 0.6) is 5.75 Å². The second kappa shape index (κ2) is 7.73. The van der Waals surface area contributed by atoms with E-state index in [4.69, 9.17) is 4.74 Å². The lowest BCUT2D eigenvalue weighted by Crippen LogP contribution is -2.08. The molecule has 0 bridgehead atoms. The van der Waals surface area contributed by atoms with Crippen molar-refractivity contribution in [1.29, 1.82) is 0 Å². The van der Waals surface area contributed by atoms with Gasteiger partial charge in [0.05, 0.1) is 18.2 Å². The van der Waals surface area contributed by atoms with Gasteiger partial charge in [-0.1, -0.05) is 11.8 Å². The number of carbonyl (C=O) groups is 2. The summed E-state index contributed by atoms with van der Waals surface area (Å²) in [5.41, 5.74) is 0.571. The number of methoxy groups -OCH3 is 1. The van der Waals surface area contributed by atoms with Gasteiger partial charge in [-0.3, -0.25) is 0 Å². The van der Waals surface area contributed by atoms with E-state index in [-0.39, 0.29) is 11.3 Å². The quantitative estimate of drug-likeness (QED) is 0.468. The third kappa shape index (κ3) is 4.79. The molecule has 0 atom stereocenters. The van der Waals surface area contributed by atoms with E-state index in [0.29, 0.717) is 22.2 Å². The van der Waals surface area contributed by atoms with Crippen LogP contribution in [0.4, 0.5) is 8.78 Å². The van der Waals surface area contributed by atoms with Gasteiger partial charge in [0.2, 0.25) is 0 Å². The number of hydrogen-bond donors (Lipinski definition) is 0. The smallest absolute Gasteiger partial charge is 0.343 e. The molecule has 0 saturated carbocycles. The molecule has 2 aromatic rings. The van der Waals surface area contributed by atoms with E-state index in [0.717, 1.165) is 0 Å². The molecule has 120 valence electrons. The zero-order valence-electron chi connectivity index (χ0n) is 12.0. The first-order valence-corrected chi connectivity index (χ1v) is 7.33. The highest BCUT2D eigenvalue weighted by Gasteiger charge is 2.11. The number of halogens is 2. The standard InChI is InChI=1S/C16H12F2O4S/c1-21-14(19)10-2-6-12(7-3-10)22-15(20)11-4-8-13(9-5-11)23-16(17)18/h2-9,16H,1H3. The summed E-state index contributed by atoms with van der Waals surface area (Å²) in [5, 5.41) is 0. The molecular weight excluding hydrogens is 326 g/mol. The topological polar surface area (TPSA) is 52.6 Å². The van der Waals surface area contributed by atoms with Crippen molar-refractivity contribution in [2.45, 2.75) is 10.7 Å². The Morgan fingerprint density at radius 1 is 0.913 bits per heavy atom. The van der Waals surface area contributed by atoms with Crippen molar-refractivity contribution in [2.24, 2.45) is 0 Å². The molecule has 0 N–H and O–H groups in total. The van der Waals surface area contributed by atoms with E-state index in [1.807, 2.05) is 0 Å². The molecule has 0 aliphatic carbocycles. The van der Waals surface area contributed by atoms with Gasteiger partial charge in [-0.15, -0.1) is 0 Å². The Balaban J connectivity index is 2.02. The first-order valence-electron chi connectivity index (χ1n) is 6.45. The highest BCUT2D eigenvalue weighted by molar-refractivity contribution is 7.99. The maximum atomic E-state index is 12.2. The number of carbonyl (C=O) groups excluding carboxylic acids is 2. The highest BCUT2D eigenvalue weighted by atomic mass is 32.2. The monoisotopic (exact) mass is 338 g/mol. The molecule has 0 fully saturated rings. The van der Waals surface area contributed by atoms with Crippen LogP contribution in [-0.2, 0) is 4.74 Å². The number of alkyl halides is 2. The zero-order valence-corrected chi connectivity index (χ0v) is 12.8. The second-order valence-electron chi connectivity index (χ2n) is 4.31. The lowest BCUT2D eigenvalue weighted by Gasteiger charge is -2.06. The van der Waals surface area contributed by atoms with Crippen LogP contribution < -0.4 is 4.74 Å². The molecule has 23 heavy (non-hydrogen) atoms. The van der Waals surface area contributed by atoms with Gasteiger partial charge >= 0.3 is 11.9 Å². The second-order valence-corrected chi connectivity index (χ2v) is 5.37. The van der Waals surface area contributed by atoms with Gasteiger partial charge in [-0.25, -0.2) is 9.59 Å². The molecule has 0 aromatic heterocycles. The van der Waals surface area contributed by atoms with Crippen LogP contribution in [-0.4, -0.2) is 24.8 Å². The van der Waals surface area contributed by atoms with Crippen LogP contribution in [0, 0.1) is 0 Å². The van der Waals surface area contributed by atoms with Crippen LogP contribution in [0.25, 0.3) is 0 Å². The number of benzene rings is 2. The molecule has 0 spiro atoms. The fourth-order valence-electron chi connectivity index (χ4n) is 1.72. The van der Waals surface area contributed by atoms with Gasteiger partial charge in [0.1, 0.15) is 5.75 Å². The van der Waals surface area contributed by atoms with E-state index in [9.17, 15) is 18.4 Å². The maximum absolute atomic E-state index is 12.2. The van der Waals surface area contributed by atoms with E-state index in [1.54, 1.807) is 0 Å². The SMILES string of the molecule is COC(=O)c1ccc(OC(=O)c2ccc(SC(F)F)cc2)cc1. The van der Waals surface area contributed by atoms with Gasteiger partial charge in [0.15, 0.2) is 0 Å². The molecule has 0 heterocycles. The van der Waals surface area contributed by atoms with Crippen molar-refractivity contribution in [3.63, 3.8) is 0 Å². The fraction of sp³-hybridized carbons (Fsp3) is 0.125. The average molecular weight is 338 g/mol. The number of ether oxygens (including phenoxy) is 2. The number of thioether (sulfide) groups is 1. The molecule has 4 nitrogen and oxygen atoms in total. The minimum absolute atomic E-state index is 0.237. The van der Waals surface area contributed by atoms with Gasteiger partial charge in [-0.05, 0) is 48.5 Å². The molecule has 0 aliphatic rings. The summed E-state index contributed by atoms with van der Waals surface area (Å²) in [6.07, 6.45) is 0. The fourth-order valence-corrected chi connectivity index (χ4v) is 2.21. The maximum Gasteiger partial charge on any atom is 0.343 e. The van der Waals surface area contributed by atoms with E-state index in [2.05, 4.69) is 4.74 Å². The summed E-state index contributed by atoms with van der Waals surface area (Å²) in [6, 6.07) is 11.5. The predicted molar refractivity (Wildman–Crippen MR) is 81.0 cm³/mol. The summed E-state index contributed by atoms with van der Waals surface area (Å²) >= 11 is 0.400. The van der Waals surface area contributed by atoms with Crippen molar-refractivity contribution >= 4 is 23.7 Å². The third-order valence-electron chi connectivity index (χ3n) is 2.80. The molecule has 2 aromatic carbocycles. The number of rotatable bonds is 5. The summed E-state index contributed by atoms with van der Waals surface area (Å²) < 4.78 is 34.1. The van der Waals surface area contributed by atoms with Crippen molar-refractivity contribution < 1.29 is 27.8 Å². The van der Waals surface area contributed by atoms with Gasteiger partial charge in [0, 0.05) is 4.90 Å². The van der Waals surface area contributed by atoms with Crippen LogP contribution >= 0.6 is 11.8 Å². The third-order valence-corrected chi connectivity index (χ3v) is 3.52. The molecule has 0 saturated heterocycles. The summed E-state index contributed by atoms with van der Waals surface area (Å²) in [5.74, 6) is -3.37. The Morgan fingerprint density at radius 2 is 1.43 bits per heavy atom. The van der Waals surface area contributed by atoms with Crippen LogP contribution in [0.2, 0.25) is 0 Å². The van der Waals surface area contributed by atoms with Crippen molar-refractivity contribution in [2.75, 3.05) is 7.11 Å². The van der Waals surface area contributed by atoms with E-state index < -0.39 is 17.7 Å². The molecule has 0 amide bonds. The normalized spacial score (nSPS) is 10.4. The Hall–Kier alpha value is -2.41. The van der Waals surface area contributed by atoms with E-state index in [1.165, 1.54) is 55.6 Å². The summed E-state index contributed by atoms with van der Waals surface area (Å²) in [7, 11) is 1.27. The molecule has 7 heteroatoms. The molecule has 0 radical (unpaired) electrons. The minimum atomic E-state index is -2.51. The summed E-state index contributed by atoms with van der Waals surface area (Å²) in [4.78, 5) is 23.6. The first kappa shape index (κ1) is 17.0. The highest BCUT2D eigenvalue weighted by Crippen LogP contribution is 2.25. The van der Waals surface area contributed by atoms with Crippen LogP contribution in [0.1, 0.15) is 20.7 Å². The van der Waals surface area contributed by atoms with Crippen LogP contribution in [0.15, 0.2) is 53.4 Å². The Labute approximate surface area is 135 Å². The van der Waals surface area contributed by atoms with Crippen LogP contribution in [0.3, 0.4) is 0 Å². The Kier molecular flexibility index (Phi) is 5.70. The largest absolute Gasteiger partial charge is 0.465 e. The summed E-state index contributed by atoms with van der Waals surface area (Å²) in [6.45, 7) is 0. The lowest BCUT2D eigenvalue weighted by molar-refractivity contribution is 0.0600. The Morgan fingerprint density at radius 3 is 1.96 bits per heavy atom.